The molecular weight excluding hydrogens is 284 g/mol. The molecule has 1 N–H and O–H groups in total. The van der Waals surface area contributed by atoms with Crippen LogP contribution in [-0.4, -0.2) is 37.0 Å². The van der Waals surface area contributed by atoms with Gasteiger partial charge in [-0.05, 0) is 38.3 Å². The van der Waals surface area contributed by atoms with Crippen molar-refractivity contribution in [2.24, 2.45) is 0 Å². The maximum absolute atomic E-state index is 13.1. The predicted molar refractivity (Wildman–Crippen MR) is 87.9 cm³/mol. The molecular formula is C17H25ClN2O. The summed E-state index contributed by atoms with van der Waals surface area (Å²) in [5.41, 5.74) is 0.986. The average molecular weight is 309 g/mol. The summed E-state index contributed by atoms with van der Waals surface area (Å²) < 4.78 is 0. The summed E-state index contributed by atoms with van der Waals surface area (Å²) in [5, 5.41) is 3.32. The first-order chi connectivity index (χ1) is 9.76. The molecule has 2 aliphatic rings. The summed E-state index contributed by atoms with van der Waals surface area (Å²) in [4.78, 5) is 15.2. The average Bonchev–Trinajstić information content (AvgIpc) is 2.47. The molecule has 1 aliphatic heterocycles. The molecule has 0 radical (unpaired) electrons. The second-order valence-corrected chi connectivity index (χ2v) is 6.18. The van der Waals surface area contributed by atoms with Crippen molar-refractivity contribution in [3.05, 3.63) is 35.9 Å². The highest BCUT2D eigenvalue weighted by Crippen LogP contribution is 2.45. The van der Waals surface area contributed by atoms with E-state index in [0.717, 1.165) is 32.4 Å². The molecule has 21 heavy (non-hydrogen) atoms. The van der Waals surface area contributed by atoms with E-state index in [9.17, 15) is 4.79 Å². The number of likely N-dealkylation sites (tertiary alicyclic amines) is 1. The number of carbonyl (C=O) groups is 1. The van der Waals surface area contributed by atoms with E-state index >= 15 is 0 Å². The fourth-order valence-corrected chi connectivity index (χ4v) is 3.61. The molecule has 1 saturated heterocycles. The molecule has 1 aromatic carbocycles. The van der Waals surface area contributed by atoms with E-state index in [-0.39, 0.29) is 17.8 Å². The van der Waals surface area contributed by atoms with Crippen molar-refractivity contribution in [1.29, 1.82) is 0 Å². The van der Waals surface area contributed by atoms with E-state index in [2.05, 4.69) is 34.5 Å². The molecule has 1 unspecified atom stereocenters. The minimum atomic E-state index is -0.225. The lowest BCUT2D eigenvalue weighted by Gasteiger charge is -2.46. The first kappa shape index (κ1) is 16.3. The van der Waals surface area contributed by atoms with Crippen LogP contribution in [-0.2, 0) is 10.2 Å². The van der Waals surface area contributed by atoms with Crippen molar-refractivity contribution in [1.82, 2.24) is 10.2 Å². The molecule has 1 atom stereocenters. The SMILES string of the molecule is CNC1CCCN(C(=O)C2(c3ccccc3)CCC2)C1.Cl. The van der Waals surface area contributed by atoms with Gasteiger partial charge in [-0.25, -0.2) is 0 Å². The van der Waals surface area contributed by atoms with Crippen molar-refractivity contribution in [2.75, 3.05) is 20.1 Å². The van der Waals surface area contributed by atoms with E-state index < -0.39 is 0 Å². The molecule has 116 valence electrons. The molecule has 1 saturated carbocycles. The van der Waals surface area contributed by atoms with Crippen LogP contribution in [0.3, 0.4) is 0 Å². The zero-order valence-electron chi connectivity index (χ0n) is 12.7. The zero-order valence-corrected chi connectivity index (χ0v) is 13.5. The number of likely N-dealkylation sites (N-methyl/N-ethyl adjacent to an activating group) is 1. The molecule has 0 spiro atoms. The van der Waals surface area contributed by atoms with Crippen LogP contribution < -0.4 is 5.32 Å². The van der Waals surface area contributed by atoms with Gasteiger partial charge in [-0.2, -0.15) is 0 Å². The summed E-state index contributed by atoms with van der Waals surface area (Å²) in [7, 11) is 1.99. The molecule has 3 rings (SSSR count). The van der Waals surface area contributed by atoms with Crippen LogP contribution in [0.15, 0.2) is 30.3 Å². The molecule has 1 aliphatic carbocycles. The maximum atomic E-state index is 13.1. The van der Waals surface area contributed by atoms with Gasteiger partial charge in [-0.3, -0.25) is 4.79 Å². The molecule has 0 bridgehead atoms. The second kappa shape index (κ2) is 6.80. The first-order valence-corrected chi connectivity index (χ1v) is 7.78. The second-order valence-electron chi connectivity index (χ2n) is 6.18. The van der Waals surface area contributed by atoms with Gasteiger partial charge < -0.3 is 10.2 Å². The van der Waals surface area contributed by atoms with Crippen LogP contribution in [0.25, 0.3) is 0 Å². The van der Waals surface area contributed by atoms with Crippen molar-refractivity contribution >= 4 is 18.3 Å². The van der Waals surface area contributed by atoms with Crippen LogP contribution in [0, 0.1) is 0 Å². The van der Waals surface area contributed by atoms with Crippen LogP contribution in [0.2, 0.25) is 0 Å². The number of hydrogen-bond donors (Lipinski definition) is 1. The van der Waals surface area contributed by atoms with Gasteiger partial charge in [0.25, 0.3) is 0 Å². The highest BCUT2D eigenvalue weighted by Gasteiger charge is 2.47. The summed E-state index contributed by atoms with van der Waals surface area (Å²) in [6.07, 6.45) is 5.48. The minimum Gasteiger partial charge on any atom is -0.340 e. The smallest absolute Gasteiger partial charge is 0.233 e. The van der Waals surface area contributed by atoms with E-state index in [0.29, 0.717) is 11.9 Å². The van der Waals surface area contributed by atoms with Gasteiger partial charge in [0.05, 0.1) is 5.41 Å². The number of nitrogens with zero attached hydrogens (tertiary/aromatic N) is 1. The van der Waals surface area contributed by atoms with E-state index in [1.807, 2.05) is 13.1 Å². The third-order valence-electron chi connectivity index (χ3n) is 5.06. The van der Waals surface area contributed by atoms with E-state index in [1.54, 1.807) is 0 Å². The van der Waals surface area contributed by atoms with Crippen molar-refractivity contribution < 1.29 is 4.79 Å². The fraction of sp³-hybridized carbons (Fsp3) is 0.588. The van der Waals surface area contributed by atoms with Crippen LogP contribution in [0.4, 0.5) is 0 Å². The van der Waals surface area contributed by atoms with Gasteiger partial charge in [0.1, 0.15) is 0 Å². The number of nitrogens with one attached hydrogen (secondary N) is 1. The topological polar surface area (TPSA) is 32.3 Å². The van der Waals surface area contributed by atoms with Gasteiger partial charge in [-0.1, -0.05) is 36.8 Å². The van der Waals surface area contributed by atoms with Gasteiger partial charge in [0, 0.05) is 19.1 Å². The number of amides is 1. The van der Waals surface area contributed by atoms with Gasteiger partial charge in [0.2, 0.25) is 5.91 Å². The van der Waals surface area contributed by atoms with E-state index in [4.69, 9.17) is 0 Å². The normalized spacial score (nSPS) is 23.9. The minimum absolute atomic E-state index is 0. The Morgan fingerprint density at radius 1 is 1.24 bits per heavy atom. The van der Waals surface area contributed by atoms with Crippen LogP contribution in [0.5, 0.6) is 0 Å². The number of benzene rings is 1. The van der Waals surface area contributed by atoms with Crippen LogP contribution >= 0.6 is 12.4 Å². The largest absolute Gasteiger partial charge is 0.340 e. The molecule has 4 heteroatoms. The summed E-state index contributed by atoms with van der Waals surface area (Å²) in [6, 6.07) is 10.8. The Hall–Kier alpha value is -1.06. The Bertz CT molecular complexity index is 473. The number of piperidine rings is 1. The monoisotopic (exact) mass is 308 g/mol. The number of hydrogen-bond acceptors (Lipinski definition) is 2. The Morgan fingerprint density at radius 3 is 2.52 bits per heavy atom. The standard InChI is InChI=1S/C17H24N2O.ClH/c1-18-15-9-5-12-19(13-15)16(20)17(10-6-11-17)14-7-3-2-4-8-14;/h2-4,7-8,15,18H,5-6,9-13H2,1H3;1H. The van der Waals surface area contributed by atoms with Crippen molar-refractivity contribution in [2.45, 2.75) is 43.6 Å². The number of rotatable bonds is 3. The highest BCUT2D eigenvalue weighted by molar-refractivity contribution is 5.89. The summed E-state index contributed by atoms with van der Waals surface area (Å²) in [6.45, 7) is 1.79. The number of carbonyl (C=O) groups excluding carboxylic acids is 1. The van der Waals surface area contributed by atoms with Crippen molar-refractivity contribution in [3.63, 3.8) is 0 Å². The zero-order chi connectivity index (χ0) is 14.0. The molecule has 1 aromatic rings. The first-order valence-electron chi connectivity index (χ1n) is 7.78. The highest BCUT2D eigenvalue weighted by atomic mass is 35.5. The van der Waals surface area contributed by atoms with Gasteiger partial charge in [0.15, 0.2) is 0 Å². The molecule has 1 amide bonds. The maximum Gasteiger partial charge on any atom is 0.233 e. The lowest BCUT2D eigenvalue weighted by molar-refractivity contribution is -0.142. The van der Waals surface area contributed by atoms with E-state index in [1.165, 1.54) is 18.4 Å². The van der Waals surface area contributed by atoms with Crippen molar-refractivity contribution in [3.8, 4) is 0 Å². The Labute approximate surface area is 133 Å². The quantitative estimate of drug-likeness (QED) is 0.931. The Balaban J connectivity index is 0.00000161. The third-order valence-corrected chi connectivity index (χ3v) is 5.06. The number of halogens is 1. The molecule has 3 nitrogen and oxygen atoms in total. The summed E-state index contributed by atoms with van der Waals surface area (Å²) in [5.74, 6) is 0.356. The van der Waals surface area contributed by atoms with Crippen LogP contribution in [0.1, 0.15) is 37.7 Å². The third kappa shape index (κ3) is 2.95. The Morgan fingerprint density at radius 2 is 1.95 bits per heavy atom. The fourth-order valence-electron chi connectivity index (χ4n) is 3.61. The molecule has 1 heterocycles. The molecule has 2 fully saturated rings. The van der Waals surface area contributed by atoms with Gasteiger partial charge >= 0.3 is 0 Å². The Kier molecular flexibility index (Phi) is 5.28. The lowest BCUT2D eigenvalue weighted by atomic mass is 9.63. The van der Waals surface area contributed by atoms with Gasteiger partial charge in [-0.15, -0.1) is 12.4 Å². The summed E-state index contributed by atoms with van der Waals surface area (Å²) >= 11 is 0. The lowest BCUT2D eigenvalue weighted by Crippen LogP contribution is -2.55. The predicted octanol–water partition coefficient (Wildman–Crippen LogP) is 2.74. The molecule has 0 aromatic heterocycles.